The second-order valence-corrected chi connectivity index (χ2v) is 10.2. The molecule has 1 aliphatic rings. The Morgan fingerprint density at radius 1 is 1.35 bits per heavy atom. The van der Waals surface area contributed by atoms with Crippen LogP contribution in [0.25, 0.3) is 10.7 Å². The smallest absolute Gasteiger partial charge is 0.274 e. The Hall–Kier alpha value is -2.33. The van der Waals surface area contributed by atoms with Crippen molar-refractivity contribution in [3.05, 3.63) is 40.3 Å². The number of sulfonamides is 1. The minimum absolute atomic E-state index is 0.0317. The molecule has 0 aliphatic heterocycles. The van der Waals surface area contributed by atoms with Crippen molar-refractivity contribution in [1.82, 2.24) is 24.4 Å². The van der Waals surface area contributed by atoms with Crippen molar-refractivity contribution in [1.29, 1.82) is 0 Å². The number of aliphatic hydroxyl groups is 1. The molecule has 3 N–H and O–H groups in total. The van der Waals surface area contributed by atoms with Gasteiger partial charge in [0.25, 0.3) is 10.0 Å². The van der Waals surface area contributed by atoms with Crippen molar-refractivity contribution in [2.45, 2.75) is 23.0 Å². The molecule has 0 bridgehead atoms. The van der Waals surface area contributed by atoms with Crippen molar-refractivity contribution in [2.75, 3.05) is 18.2 Å². The first-order valence-electron chi connectivity index (χ1n) is 8.94. The van der Waals surface area contributed by atoms with E-state index in [0.717, 1.165) is 24.2 Å². The third kappa shape index (κ3) is 4.23. The quantitative estimate of drug-likeness (QED) is 0.316. The molecule has 15 heteroatoms. The van der Waals surface area contributed by atoms with Crippen LogP contribution >= 0.6 is 22.9 Å². The molecular weight excluding hydrogens is 472 g/mol. The molecule has 12 nitrogen and oxygen atoms in total. The molecule has 1 saturated carbocycles. The number of hydrogen-bond donors (Lipinski definition) is 3. The third-order valence-corrected chi connectivity index (χ3v) is 7.86. The van der Waals surface area contributed by atoms with E-state index in [1.165, 1.54) is 24.4 Å². The van der Waals surface area contributed by atoms with Crippen molar-refractivity contribution >= 4 is 44.6 Å². The summed E-state index contributed by atoms with van der Waals surface area (Å²) in [4.78, 5) is 9.14. The molecular formula is C16H16ClN6O6S2-. The summed E-state index contributed by atoms with van der Waals surface area (Å²) in [7, 11) is -4.22. The highest BCUT2D eigenvalue weighted by molar-refractivity contribution is 7.91. The number of thiophene rings is 1. The van der Waals surface area contributed by atoms with Crippen LogP contribution in [-0.2, 0) is 10.0 Å². The first-order chi connectivity index (χ1) is 14.7. The molecule has 166 valence electrons. The summed E-state index contributed by atoms with van der Waals surface area (Å²) < 4.78 is 24.4. The van der Waals surface area contributed by atoms with Gasteiger partial charge in [0, 0.05) is 12.0 Å². The van der Waals surface area contributed by atoms with Gasteiger partial charge in [-0.2, -0.15) is 0 Å². The van der Waals surface area contributed by atoms with Gasteiger partial charge in [0.15, 0.2) is 5.82 Å². The van der Waals surface area contributed by atoms with Gasteiger partial charge in [-0.3, -0.25) is 5.21 Å². The number of anilines is 2. The Balaban J connectivity index is 1.64. The van der Waals surface area contributed by atoms with E-state index in [1.807, 2.05) is 0 Å². The molecule has 0 saturated heterocycles. The van der Waals surface area contributed by atoms with Gasteiger partial charge in [-0.05, 0) is 25.0 Å². The zero-order valence-corrected chi connectivity index (χ0v) is 18.0. The van der Waals surface area contributed by atoms with Gasteiger partial charge < -0.3 is 20.6 Å². The van der Waals surface area contributed by atoms with Gasteiger partial charge in [-0.1, -0.05) is 16.1 Å². The minimum Gasteiger partial charge on any atom is -0.752 e. The van der Waals surface area contributed by atoms with Crippen LogP contribution in [-0.4, -0.2) is 61.5 Å². The number of halogens is 1. The Morgan fingerprint density at radius 2 is 2.10 bits per heavy atom. The topological polar surface area (TPSA) is 168 Å². The van der Waals surface area contributed by atoms with Gasteiger partial charge in [-0.25, -0.2) is 18.4 Å². The van der Waals surface area contributed by atoms with Crippen LogP contribution < -0.4 is 5.06 Å². The van der Waals surface area contributed by atoms with Crippen LogP contribution in [0.3, 0.4) is 0 Å². The first-order valence-corrected chi connectivity index (χ1v) is 11.6. The Morgan fingerprint density at radius 3 is 2.77 bits per heavy atom. The predicted molar refractivity (Wildman–Crippen MR) is 110 cm³/mol. The normalized spacial score (nSPS) is 14.4. The van der Waals surface area contributed by atoms with Gasteiger partial charge in [0.05, 0.1) is 29.9 Å². The minimum atomic E-state index is -4.22. The second-order valence-electron chi connectivity index (χ2n) is 6.64. The van der Waals surface area contributed by atoms with Gasteiger partial charge in [0.1, 0.15) is 20.9 Å². The van der Waals surface area contributed by atoms with Crippen LogP contribution in [0.15, 0.2) is 28.6 Å². The largest absolute Gasteiger partial charge is 0.752 e. The fourth-order valence-electron chi connectivity index (χ4n) is 2.75. The van der Waals surface area contributed by atoms with Crippen molar-refractivity contribution < 1.29 is 23.9 Å². The molecule has 0 aromatic carbocycles. The maximum atomic E-state index is 12.8. The molecule has 0 atom stereocenters. The zero-order chi connectivity index (χ0) is 22.3. The van der Waals surface area contributed by atoms with Crippen LogP contribution in [0.4, 0.5) is 11.6 Å². The van der Waals surface area contributed by atoms with E-state index in [9.17, 15) is 24.0 Å². The van der Waals surface area contributed by atoms with Crippen molar-refractivity contribution in [3.8, 4) is 10.7 Å². The van der Waals surface area contributed by atoms with Gasteiger partial charge in [-0.15, -0.1) is 21.3 Å². The van der Waals surface area contributed by atoms with Gasteiger partial charge in [0.2, 0.25) is 0 Å². The van der Waals surface area contributed by atoms with E-state index in [4.69, 9.17) is 16.7 Å². The van der Waals surface area contributed by atoms with E-state index in [0.29, 0.717) is 20.5 Å². The molecule has 0 radical (unpaired) electrons. The van der Waals surface area contributed by atoms with Crippen LogP contribution in [0.5, 0.6) is 0 Å². The number of rotatable bonds is 8. The number of nitrogens with zero attached hydrogens (tertiary/aromatic N) is 6. The lowest BCUT2D eigenvalue weighted by Crippen LogP contribution is -2.29. The zero-order valence-electron chi connectivity index (χ0n) is 15.7. The standard InChI is InChI=1S/C16H16ClN6O6S2/c17-10-8-18-15(12-3-4-14(30-12)31(28,29)21(25)5-6-24)19-16(10)22(26)13-7-11(9-1-2-9)23(27)20-13/h3-4,7-9,24-25,27H,1-2,5-6H2/q-1. The Bertz CT molecular complexity index is 1210. The molecule has 4 rings (SSSR count). The van der Waals surface area contributed by atoms with Crippen molar-refractivity contribution in [3.63, 3.8) is 0 Å². The number of aromatic nitrogens is 4. The lowest BCUT2D eigenvalue weighted by Gasteiger charge is -2.27. The molecule has 31 heavy (non-hydrogen) atoms. The van der Waals surface area contributed by atoms with E-state index in [1.54, 1.807) is 0 Å². The van der Waals surface area contributed by atoms with Gasteiger partial charge >= 0.3 is 0 Å². The Kier molecular flexibility index (Phi) is 5.87. The summed E-state index contributed by atoms with van der Waals surface area (Å²) in [6.45, 7) is -1.04. The fourth-order valence-corrected chi connectivity index (χ4v) is 5.31. The SMILES string of the molecule is O=S(=O)(c1ccc(-c2ncc(Cl)c(N([O-])c3cc(C4CC4)n(O)n3)n2)s1)N(O)CCO. The average Bonchev–Trinajstić information content (AvgIpc) is 3.30. The molecule has 0 amide bonds. The number of hydroxylamine groups is 1. The first kappa shape index (κ1) is 21.9. The highest BCUT2D eigenvalue weighted by atomic mass is 35.5. The molecule has 3 heterocycles. The average molecular weight is 488 g/mol. The van der Waals surface area contributed by atoms with E-state index in [2.05, 4.69) is 15.1 Å². The molecule has 1 fully saturated rings. The third-order valence-electron chi connectivity index (χ3n) is 4.45. The van der Waals surface area contributed by atoms with E-state index < -0.39 is 23.2 Å². The van der Waals surface area contributed by atoms with E-state index in [-0.39, 0.29) is 37.1 Å². The molecule has 0 spiro atoms. The number of aliphatic hydroxyl groups excluding tert-OH is 1. The van der Waals surface area contributed by atoms with Crippen molar-refractivity contribution in [2.24, 2.45) is 0 Å². The lowest BCUT2D eigenvalue weighted by atomic mass is 10.3. The Labute approximate surface area is 185 Å². The monoisotopic (exact) mass is 487 g/mol. The summed E-state index contributed by atoms with van der Waals surface area (Å²) in [5.74, 6) is -0.150. The summed E-state index contributed by atoms with van der Waals surface area (Å²) in [5.41, 5.74) is 0.519. The van der Waals surface area contributed by atoms with E-state index >= 15 is 0 Å². The van der Waals surface area contributed by atoms with Crippen LogP contribution in [0, 0.1) is 5.21 Å². The second kappa shape index (κ2) is 8.31. The lowest BCUT2D eigenvalue weighted by molar-refractivity contribution is -0.00850. The highest BCUT2D eigenvalue weighted by Crippen LogP contribution is 2.41. The maximum Gasteiger partial charge on any atom is 0.274 e. The summed E-state index contributed by atoms with van der Waals surface area (Å²) in [5, 5.41) is 45.2. The molecule has 3 aromatic heterocycles. The molecule has 1 aliphatic carbocycles. The summed E-state index contributed by atoms with van der Waals surface area (Å²) >= 11 is 6.85. The molecule has 3 aromatic rings. The predicted octanol–water partition coefficient (Wildman–Crippen LogP) is 2.18. The maximum absolute atomic E-state index is 12.8. The van der Waals surface area contributed by atoms with Crippen LogP contribution in [0.2, 0.25) is 5.02 Å². The number of hydrogen-bond acceptors (Lipinski definition) is 11. The fraction of sp³-hybridized carbons (Fsp3) is 0.312. The summed E-state index contributed by atoms with van der Waals surface area (Å²) in [6, 6.07) is 4.12. The highest BCUT2D eigenvalue weighted by Gasteiger charge is 2.29. The molecule has 0 unspecified atom stereocenters. The van der Waals surface area contributed by atoms with Crippen LogP contribution in [0.1, 0.15) is 24.5 Å². The summed E-state index contributed by atoms with van der Waals surface area (Å²) in [6.07, 6.45) is 2.99.